The van der Waals surface area contributed by atoms with Gasteiger partial charge in [0.1, 0.15) is 6.04 Å². The summed E-state index contributed by atoms with van der Waals surface area (Å²) in [6, 6.07) is 4.25. The maximum atomic E-state index is 12.8. The van der Waals surface area contributed by atoms with E-state index in [0.717, 1.165) is 6.08 Å². The number of benzene rings is 1. The molecule has 9 nitrogen and oxygen atoms in total. The highest BCUT2D eigenvalue weighted by molar-refractivity contribution is 6.06. The summed E-state index contributed by atoms with van der Waals surface area (Å²) in [5, 5.41) is 7.53. The third-order valence-electron chi connectivity index (χ3n) is 4.74. The van der Waals surface area contributed by atoms with Crippen molar-refractivity contribution in [2.75, 3.05) is 11.9 Å². The zero-order valence-electron chi connectivity index (χ0n) is 15.6. The average molecular weight is 396 g/mol. The number of amides is 5. The van der Waals surface area contributed by atoms with Crippen molar-refractivity contribution >= 4 is 35.2 Å². The molecule has 29 heavy (non-hydrogen) atoms. The lowest BCUT2D eigenvalue weighted by Gasteiger charge is -2.29. The fourth-order valence-electron chi connectivity index (χ4n) is 3.36. The Morgan fingerprint density at radius 1 is 1.31 bits per heavy atom. The number of carbonyl (C=O) groups is 5. The number of rotatable bonds is 6. The van der Waals surface area contributed by atoms with Crippen LogP contribution in [-0.2, 0) is 25.7 Å². The summed E-state index contributed by atoms with van der Waals surface area (Å²) in [5.41, 5.74) is 3.86. The Morgan fingerprint density at radius 2 is 2.10 bits per heavy atom. The summed E-state index contributed by atoms with van der Waals surface area (Å²) >= 11 is 0. The van der Waals surface area contributed by atoms with Gasteiger partial charge in [-0.25, -0.2) is 0 Å². The molecule has 2 heterocycles. The highest BCUT2D eigenvalue weighted by atomic mass is 16.2. The first-order valence-corrected chi connectivity index (χ1v) is 9.10. The van der Waals surface area contributed by atoms with E-state index in [2.05, 4.69) is 28.3 Å². The summed E-state index contributed by atoms with van der Waals surface area (Å²) in [6.45, 7) is 3.60. The Hall–Kier alpha value is -3.71. The van der Waals surface area contributed by atoms with E-state index in [4.69, 9.17) is 0 Å². The molecule has 9 heteroatoms. The molecule has 5 amide bonds. The van der Waals surface area contributed by atoms with Gasteiger partial charge in [0.25, 0.3) is 11.8 Å². The van der Waals surface area contributed by atoms with Crippen molar-refractivity contribution in [3.8, 4) is 0 Å². The summed E-state index contributed by atoms with van der Waals surface area (Å²) in [7, 11) is 0. The van der Waals surface area contributed by atoms with Gasteiger partial charge in [0.2, 0.25) is 17.7 Å². The van der Waals surface area contributed by atoms with Crippen molar-refractivity contribution in [1.82, 2.24) is 15.5 Å². The molecule has 1 atom stereocenters. The molecule has 2 aliphatic rings. The molecule has 0 aliphatic carbocycles. The Kier molecular flexibility index (Phi) is 5.90. The van der Waals surface area contributed by atoms with E-state index < -0.39 is 11.9 Å². The molecule has 1 unspecified atom stereocenters. The summed E-state index contributed by atoms with van der Waals surface area (Å²) in [4.78, 5) is 61.2. The predicted octanol–water partition coefficient (Wildman–Crippen LogP) is 0.233. The molecular weight excluding hydrogens is 376 g/mol. The Balaban J connectivity index is 1.66. The van der Waals surface area contributed by atoms with Crippen LogP contribution in [0, 0.1) is 0 Å². The molecule has 1 fully saturated rings. The number of nitrogens with one attached hydrogen (secondary N) is 3. The van der Waals surface area contributed by atoms with Crippen molar-refractivity contribution in [2.45, 2.75) is 31.8 Å². The standard InChI is InChI=1S/C20H20N4O5/c1-2-4-16(25)21-10-9-18(27)22-14-6-3-5-12-13(14)11-24(20(12)29)15-7-8-17(26)23-19(15)28/h3-6,15H,1,7-11H2,(H,21,25)(H,22,27)(H,23,26,28). The van der Waals surface area contributed by atoms with Crippen LogP contribution < -0.4 is 16.0 Å². The second-order valence-electron chi connectivity index (χ2n) is 6.67. The Bertz CT molecular complexity index is 948. The van der Waals surface area contributed by atoms with Crippen LogP contribution in [0.25, 0.3) is 0 Å². The van der Waals surface area contributed by atoms with Crippen molar-refractivity contribution < 1.29 is 24.0 Å². The monoisotopic (exact) mass is 396 g/mol. The van der Waals surface area contributed by atoms with E-state index in [0.29, 0.717) is 16.8 Å². The molecule has 2 aliphatic heterocycles. The topological polar surface area (TPSA) is 125 Å². The zero-order valence-corrected chi connectivity index (χ0v) is 15.6. The molecule has 1 aromatic rings. The van der Waals surface area contributed by atoms with Crippen LogP contribution in [0.15, 0.2) is 36.6 Å². The van der Waals surface area contributed by atoms with E-state index in [1.165, 1.54) is 4.90 Å². The molecule has 0 aromatic heterocycles. The molecular formula is C20H20N4O5. The number of hydrogen-bond donors (Lipinski definition) is 3. The van der Waals surface area contributed by atoms with Crippen LogP contribution in [0.3, 0.4) is 0 Å². The molecule has 3 rings (SSSR count). The van der Waals surface area contributed by atoms with Crippen LogP contribution >= 0.6 is 0 Å². The van der Waals surface area contributed by atoms with E-state index in [1.807, 2.05) is 0 Å². The van der Waals surface area contributed by atoms with Crippen LogP contribution in [0.2, 0.25) is 0 Å². The summed E-state index contributed by atoms with van der Waals surface area (Å²) in [5.74, 6) is -1.86. The minimum absolute atomic E-state index is 0.0468. The molecule has 1 saturated heterocycles. The number of nitrogens with zero attached hydrogens (tertiary/aromatic N) is 1. The second-order valence-corrected chi connectivity index (χ2v) is 6.67. The molecule has 3 N–H and O–H groups in total. The molecule has 1 aromatic carbocycles. The van der Waals surface area contributed by atoms with Crippen LogP contribution in [0.4, 0.5) is 5.69 Å². The Labute approximate surface area is 166 Å². The van der Waals surface area contributed by atoms with E-state index in [-0.39, 0.29) is 56.0 Å². The highest BCUT2D eigenvalue weighted by Crippen LogP contribution is 2.32. The first kappa shape index (κ1) is 20.0. The number of piperidine rings is 1. The number of anilines is 1. The fraction of sp³-hybridized carbons (Fsp3) is 0.300. The normalized spacial score (nSPS) is 17.9. The first-order chi connectivity index (χ1) is 13.9. The molecule has 0 radical (unpaired) electrons. The van der Waals surface area contributed by atoms with Crippen LogP contribution in [-0.4, -0.2) is 47.0 Å². The van der Waals surface area contributed by atoms with Gasteiger partial charge < -0.3 is 15.5 Å². The van der Waals surface area contributed by atoms with Gasteiger partial charge in [-0.2, -0.15) is 0 Å². The Morgan fingerprint density at radius 3 is 2.83 bits per heavy atom. The smallest absolute Gasteiger partial charge is 0.255 e. The van der Waals surface area contributed by atoms with Gasteiger partial charge in [0, 0.05) is 48.8 Å². The van der Waals surface area contributed by atoms with Crippen molar-refractivity contribution in [2.24, 2.45) is 0 Å². The molecule has 150 valence electrons. The maximum Gasteiger partial charge on any atom is 0.255 e. The van der Waals surface area contributed by atoms with Gasteiger partial charge in [0.05, 0.1) is 0 Å². The highest BCUT2D eigenvalue weighted by Gasteiger charge is 2.39. The first-order valence-electron chi connectivity index (χ1n) is 9.10. The number of carbonyl (C=O) groups excluding carboxylic acids is 5. The number of fused-ring (bicyclic) bond motifs is 1. The SMILES string of the molecule is C=C=CC(=O)NCCC(=O)Nc1cccc2c1CN(C1CCC(=O)NC1=O)C2=O. The van der Waals surface area contributed by atoms with E-state index in [1.54, 1.807) is 18.2 Å². The van der Waals surface area contributed by atoms with Crippen LogP contribution in [0.5, 0.6) is 0 Å². The molecule has 0 bridgehead atoms. The number of hydrogen-bond acceptors (Lipinski definition) is 5. The molecule has 0 saturated carbocycles. The van der Waals surface area contributed by atoms with Gasteiger partial charge in [-0.15, -0.1) is 5.73 Å². The maximum absolute atomic E-state index is 12.8. The lowest BCUT2D eigenvalue weighted by atomic mass is 10.0. The van der Waals surface area contributed by atoms with Gasteiger partial charge in [-0.1, -0.05) is 12.6 Å². The van der Waals surface area contributed by atoms with Crippen molar-refractivity contribution in [3.05, 3.63) is 47.7 Å². The quantitative estimate of drug-likeness (QED) is 0.361. The summed E-state index contributed by atoms with van der Waals surface area (Å²) < 4.78 is 0. The van der Waals surface area contributed by atoms with Crippen molar-refractivity contribution in [1.29, 1.82) is 0 Å². The summed E-state index contributed by atoms with van der Waals surface area (Å²) in [6.07, 6.45) is 1.63. The minimum atomic E-state index is -0.718. The minimum Gasteiger partial charge on any atom is -0.352 e. The van der Waals surface area contributed by atoms with E-state index >= 15 is 0 Å². The van der Waals surface area contributed by atoms with E-state index in [9.17, 15) is 24.0 Å². The van der Waals surface area contributed by atoms with Crippen molar-refractivity contribution in [3.63, 3.8) is 0 Å². The van der Waals surface area contributed by atoms with Gasteiger partial charge in [-0.05, 0) is 18.6 Å². The lowest BCUT2D eigenvalue weighted by molar-refractivity contribution is -0.137. The second kappa shape index (κ2) is 8.53. The molecule has 0 spiro atoms. The lowest BCUT2D eigenvalue weighted by Crippen LogP contribution is -2.52. The third-order valence-corrected chi connectivity index (χ3v) is 4.74. The largest absolute Gasteiger partial charge is 0.352 e. The number of imide groups is 1. The van der Waals surface area contributed by atoms with Crippen LogP contribution in [0.1, 0.15) is 35.2 Å². The fourth-order valence-corrected chi connectivity index (χ4v) is 3.36. The van der Waals surface area contributed by atoms with Gasteiger partial charge >= 0.3 is 0 Å². The predicted molar refractivity (Wildman–Crippen MR) is 102 cm³/mol. The average Bonchev–Trinajstić information content (AvgIpc) is 3.00. The van der Waals surface area contributed by atoms with Gasteiger partial charge in [0.15, 0.2) is 0 Å². The third kappa shape index (κ3) is 4.41. The zero-order chi connectivity index (χ0) is 21.0. The van der Waals surface area contributed by atoms with Gasteiger partial charge in [-0.3, -0.25) is 29.3 Å².